The minimum Gasteiger partial charge on any atom is -0.366 e. The molecule has 2 aromatic heterocycles. The predicted molar refractivity (Wildman–Crippen MR) is 80.5 cm³/mol. The summed E-state index contributed by atoms with van der Waals surface area (Å²) in [6.45, 7) is 4.69. The fraction of sp³-hybridized carbons (Fsp3) is 0.467. The molecule has 1 saturated carbocycles. The summed E-state index contributed by atoms with van der Waals surface area (Å²) in [7, 11) is 0. The van der Waals surface area contributed by atoms with E-state index in [1.54, 1.807) is 10.9 Å². The minimum absolute atomic E-state index is 0.408. The number of hydrogen-bond acceptors (Lipinski definition) is 5. The van der Waals surface area contributed by atoms with Gasteiger partial charge in [0.25, 0.3) is 5.91 Å². The van der Waals surface area contributed by atoms with E-state index in [9.17, 15) is 4.79 Å². The number of aryl methyl sites for hydroxylation is 1. The zero-order valence-corrected chi connectivity index (χ0v) is 12.5. The first kappa shape index (κ1) is 13.2. The van der Waals surface area contributed by atoms with Crippen LogP contribution in [0.1, 0.15) is 34.5 Å². The first-order chi connectivity index (χ1) is 10.5. The molecule has 3 heterocycles. The van der Waals surface area contributed by atoms with Crippen LogP contribution in [0.25, 0.3) is 0 Å². The highest BCUT2D eigenvalue weighted by Gasteiger charge is 2.53. The molecule has 7 heteroatoms. The molecule has 1 aliphatic carbocycles. The summed E-state index contributed by atoms with van der Waals surface area (Å²) in [4.78, 5) is 22.4. The predicted octanol–water partition coefficient (Wildman–Crippen LogP) is 0.729. The standard InChI is InChI=1S/C15H18N6O/c1-10-11(6-21-7-12(5-18-21)13(16)22)4-17-14(19-10)20-8-15(9-20)2-3-15/h4-5,7H,2-3,6,8-9H2,1H3,(H2,16,22). The number of anilines is 1. The molecule has 114 valence electrons. The Morgan fingerprint density at radius 1 is 1.36 bits per heavy atom. The van der Waals surface area contributed by atoms with Crippen molar-refractivity contribution in [3.05, 3.63) is 35.4 Å². The van der Waals surface area contributed by atoms with Crippen molar-refractivity contribution in [2.75, 3.05) is 18.0 Å². The monoisotopic (exact) mass is 298 g/mol. The number of primary amides is 1. The summed E-state index contributed by atoms with van der Waals surface area (Å²) in [6.07, 6.45) is 7.66. The second-order valence-corrected chi connectivity index (χ2v) is 6.43. The number of nitrogens with zero attached hydrogens (tertiary/aromatic N) is 5. The van der Waals surface area contributed by atoms with Gasteiger partial charge in [-0.2, -0.15) is 5.10 Å². The van der Waals surface area contributed by atoms with Gasteiger partial charge in [-0.25, -0.2) is 9.97 Å². The third-order valence-electron chi connectivity index (χ3n) is 4.61. The van der Waals surface area contributed by atoms with Crippen LogP contribution in [-0.4, -0.2) is 38.7 Å². The van der Waals surface area contributed by atoms with Crippen LogP contribution in [0.5, 0.6) is 0 Å². The van der Waals surface area contributed by atoms with Crippen LogP contribution in [0.15, 0.2) is 18.6 Å². The quantitative estimate of drug-likeness (QED) is 0.898. The SMILES string of the molecule is Cc1nc(N2CC3(CC3)C2)ncc1Cn1cc(C(N)=O)cn1. The van der Waals surface area contributed by atoms with Crippen molar-refractivity contribution in [3.63, 3.8) is 0 Å². The van der Waals surface area contributed by atoms with Crippen LogP contribution in [-0.2, 0) is 6.54 Å². The van der Waals surface area contributed by atoms with Gasteiger partial charge in [0.15, 0.2) is 0 Å². The maximum atomic E-state index is 11.1. The first-order valence-corrected chi connectivity index (χ1v) is 7.44. The molecule has 1 aliphatic heterocycles. The maximum Gasteiger partial charge on any atom is 0.251 e. The minimum atomic E-state index is -0.471. The molecule has 2 aromatic rings. The first-order valence-electron chi connectivity index (χ1n) is 7.44. The largest absolute Gasteiger partial charge is 0.366 e. The summed E-state index contributed by atoms with van der Waals surface area (Å²) in [6, 6.07) is 0. The third kappa shape index (κ3) is 2.22. The fourth-order valence-corrected chi connectivity index (χ4v) is 2.94. The highest BCUT2D eigenvalue weighted by atomic mass is 16.1. The number of hydrogen-bond donors (Lipinski definition) is 1. The summed E-state index contributed by atoms with van der Waals surface area (Å²) in [5.74, 6) is 0.346. The molecule has 1 spiro atoms. The zero-order chi connectivity index (χ0) is 15.3. The maximum absolute atomic E-state index is 11.1. The van der Waals surface area contributed by atoms with Crippen molar-refractivity contribution in [3.8, 4) is 0 Å². The van der Waals surface area contributed by atoms with Gasteiger partial charge in [-0.3, -0.25) is 9.48 Å². The lowest BCUT2D eigenvalue weighted by Gasteiger charge is -2.40. The Morgan fingerprint density at radius 2 is 2.14 bits per heavy atom. The molecule has 0 aromatic carbocycles. The van der Waals surface area contributed by atoms with E-state index in [1.165, 1.54) is 19.0 Å². The molecule has 0 radical (unpaired) electrons. The van der Waals surface area contributed by atoms with Crippen LogP contribution in [0.4, 0.5) is 5.95 Å². The second-order valence-electron chi connectivity index (χ2n) is 6.43. The van der Waals surface area contributed by atoms with Gasteiger partial charge in [0.1, 0.15) is 0 Å². The number of carbonyl (C=O) groups is 1. The molecule has 2 N–H and O–H groups in total. The molecule has 1 amide bonds. The normalized spacial score (nSPS) is 18.3. The van der Waals surface area contributed by atoms with E-state index < -0.39 is 5.91 Å². The highest BCUT2D eigenvalue weighted by Crippen LogP contribution is 2.53. The molecule has 7 nitrogen and oxygen atoms in total. The van der Waals surface area contributed by atoms with E-state index in [0.29, 0.717) is 17.5 Å². The van der Waals surface area contributed by atoms with Gasteiger partial charge < -0.3 is 10.6 Å². The van der Waals surface area contributed by atoms with Crippen LogP contribution < -0.4 is 10.6 Å². The van der Waals surface area contributed by atoms with Crippen LogP contribution in [0.3, 0.4) is 0 Å². The van der Waals surface area contributed by atoms with E-state index in [2.05, 4.69) is 20.0 Å². The van der Waals surface area contributed by atoms with E-state index in [1.807, 2.05) is 13.1 Å². The molecule has 2 fully saturated rings. The lowest BCUT2D eigenvalue weighted by molar-refractivity contribution is 0.1000. The Morgan fingerprint density at radius 3 is 2.73 bits per heavy atom. The Kier molecular flexibility index (Phi) is 2.72. The number of carbonyl (C=O) groups excluding carboxylic acids is 1. The Balaban J connectivity index is 1.48. The molecule has 4 rings (SSSR count). The highest BCUT2D eigenvalue weighted by molar-refractivity contribution is 5.92. The molecule has 2 aliphatic rings. The van der Waals surface area contributed by atoms with E-state index in [0.717, 1.165) is 30.3 Å². The average molecular weight is 298 g/mol. The lowest BCUT2D eigenvalue weighted by atomic mass is 9.98. The number of nitrogens with two attached hydrogens (primary N) is 1. The van der Waals surface area contributed by atoms with Crippen LogP contribution in [0, 0.1) is 12.3 Å². The number of amides is 1. The number of rotatable bonds is 4. The Labute approximate surface area is 128 Å². The second kappa shape index (κ2) is 4.53. The summed E-state index contributed by atoms with van der Waals surface area (Å²) in [5.41, 5.74) is 8.16. The molecular weight excluding hydrogens is 280 g/mol. The van der Waals surface area contributed by atoms with E-state index in [-0.39, 0.29) is 0 Å². The van der Waals surface area contributed by atoms with Crippen LogP contribution >= 0.6 is 0 Å². The van der Waals surface area contributed by atoms with Crippen molar-refractivity contribution in [1.82, 2.24) is 19.7 Å². The molecular formula is C15H18N6O. The Bertz CT molecular complexity index is 740. The summed E-state index contributed by atoms with van der Waals surface area (Å²) < 4.78 is 1.67. The van der Waals surface area contributed by atoms with Gasteiger partial charge in [0.2, 0.25) is 5.95 Å². The van der Waals surface area contributed by atoms with Crippen molar-refractivity contribution >= 4 is 11.9 Å². The van der Waals surface area contributed by atoms with E-state index in [4.69, 9.17) is 5.73 Å². The van der Waals surface area contributed by atoms with Crippen molar-refractivity contribution in [1.29, 1.82) is 0 Å². The molecule has 0 unspecified atom stereocenters. The zero-order valence-electron chi connectivity index (χ0n) is 12.5. The van der Waals surface area contributed by atoms with Crippen molar-refractivity contribution < 1.29 is 4.79 Å². The average Bonchev–Trinajstić information content (AvgIpc) is 3.11. The molecule has 0 atom stereocenters. The van der Waals surface area contributed by atoms with Crippen LogP contribution in [0.2, 0.25) is 0 Å². The smallest absolute Gasteiger partial charge is 0.251 e. The van der Waals surface area contributed by atoms with Gasteiger partial charge in [-0.15, -0.1) is 0 Å². The molecule has 0 bridgehead atoms. The van der Waals surface area contributed by atoms with Gasteiger partial charge in [-0.1, -0.05) is 0 Å². The molecule has 22 heavy (non-hydrogen) atoms. The fourth-order valence-electron chi connectivity index (χ4n) is 2.94. The van der Waals surface area contributed by atoms with Crippen molar-refractivity contribution in [2.24, 2.45) is 11.1 Å². The van der Waals surface area contributed by atoms with Crippen molar-refractivity contribution in [2.45, 2.75) is 26.3 Å². The number of aromatic nitrogens is 4. The lowest BCUT2D eigenvalue weighted by Crippen LogP contribution is -2.49. The van der Waals surface area contributed by atoms with Gasteiger partial charge >= 0.3 is 0 Å². The van der Waals surface area contributed by atoms with Gasteiger partial charge in [-0.05, 0) is 19.8 Å². The molecule has 1 saturated heterocycles. The van der Waals surface area contributed by atoms with Gasteiger partial charge in [0.05, 0.1) is 18.3 Å². The van der Waals surface area contributed by atoms with E-state index >= 15 is 0 Å². The summed E-state index contributed by atoms with van der Waals surface area (Å²) in [5, 5.41) is 4.14. The van der Waals surface area contributed by atoms with Gasteiger partial charge in [0, 0.05) is 42.2 Å². The topological polar surface area (TPSA) is 89.9 Å². The third-order valence-corrected chi connectivity index (χ3v) is 4.61. The summed E-state index contributed by atoms with van der Waals surface area (Å²) >= 11 is 0. The Hall–Kier alpha value is -2.44.